The van der Waals surface area contributed by atoms with Gasteiger partial charge in [0.2, 0.25) is 5.91 Å². The Morgan fingerprint density at radius 3 is 2.07 bits per heavy atom. The summed E-state index contributed by atoms with van der Waals surface area (Å²) in [6.07, 6.45) is 3.58. The van der Waals surface area contributed by atoms with Gasteiger partial charge in [0, 0.05) is 16.9 Å². The van der Waals surface area contributed by atoms with Crippen LogP contribution in [0.25, 0.3) is 0 Å². The Morgan fingerprint density at radius 1 is 0.889 bits per heavy atom. The Kier molecular flexibility index (Phi) is 6.44. The van der Waals surface area contributed by atoms with E-state index in [4.69, 9.17) is 4.74 Å². The van der Waals surface area contributed by atoms with Crippen LogP contribution in [0.5, 0.6) is 5.75 Å². The summed E-state index contributed by atoms with van der Waals surface area (Å²) in [5.41, 5.74) is 1.94. The lowest BCUT2D eigenvalue weighted by Crippen LogP contribution is -2.36. The molecule has 0 radical (unpaired) electrons. The molecular formula is C21H25N3O3. The number of methoxy groups -OCH3 is 1. The van der Waals surface area contributed by atoms with Crippen LogP contribution in [0.1, 0.15) is 29.6 Å². The topological polar surface area (TPSA) is 70.7 Å². The molecule has 3 rings (SSSR count). The lowest BCUT2D eigenvalue weighted by molar-refractivity contribution is -0.117. The van der Waals surface area contributed by atoms with E-state index in [9.17, 15) is 9.59 Å². The zero-order valence-electron chi connectivity index (χ0n) is 15.5. The van der Waals surface area contributed by atoms with Crippen LogP contribution in [0, 0.1) is 0 Å². The van der Waals surface area contributed by atoms with E-state index in [1.165, 1.54) is 6.42 Å². The molecule has 1 heterocycles. The summed E-state index contributed by atoms with van der Waals surface area (Å²) in [6.45, 7) is 2.41. The second kappa shape index (κ2) is 9.19. The summed E-state index contributed by atoms with van der Waals surface area (Å²) < 4.78 is 5.09. The molecule has 2 amide bonds. The van der Waals surface area contributed by atoms with Gasteiger partial charge in [-0.2, -0.15) is 0 Å². The minimum atomic E-state index is -0.195. The lowest BCUT2D eigenvalue weighted by Gasteiger charge is -2.25. The smallest absolute Gasteiger partial charge is 0.255 e. The van der Waals surface area contributed by atoms with Crippen LogP contribution in [-0.4, -0.2) is 43.5 Å². The van der Waals surface area contributed by atoms with Crippen molar-refractivity contribution in [3.63, 3.8) is 0 Å². The number of hydrogen-bond acceptors (Lipinski definition) is 4. The van der Waals surface area contributed by atoms with E-state index in [1.54, 1.807) is 55.6 Å². The van der Waals surface area contributed by atoms with Gasteiger partial charge in [-0.3, -0.25) is 14.5 Å². The zero-order valence-corrected chi connectivity index (χ0v) is 15.5. The summed E-state index contributed by atoms with van der Waals surface area (Å²) in [4.78, 5) is 26.6. The molecule has 0 aromatic heterocycles. The van der Waals surface area contributed by atoms with Crippen LogP contribution >= 0.6 is 0 Å². The van der Waals surface area contributed by atoms with E-state index in [0.29, 0.717) is 23.5 Å². The second-order valence-corrected chi connectivity index (χ2v) is 6.64. The number of piperidine rings is 1. The van der Waals surface area contributed by atoms with Crippen molar-refractivity contribution in [1.82, 2.24) is 4.90 Å². The van der Waals surface area contributed by atoms with Gasteiger partial charge in [0.1, 0.15) is 5.75 Å². The number of likely N-dealkylation sites (tertiary alicyclic amines) is 1. The van der Waals surface area contributed by atoms with Crippen LogP contribution in [0.3, 0.4) is 0 Å². The number of carbonyl (C=O) groups excluding carboxylic acids is 2. The average molecular weight is 367 g/mol. The van der Waals surface area contributed by atoms with Gasteiger partial charge in [-0.05, 0) is 74.5 Å². The number of hydrogen-bond donors (Lipinski definition) is 2. The lowest BCUT2D eigenvalue weighted by atomic mass is 10.1. The van der Waals surface area contributed by atoms with Crippen molar-refractivity contribution < 1.29 is 14.3 Å². The molecule has 0 bridgehead atoms. The van der Waals surface area contributed by atoms with E-state index in [0.717, 1.165) is 31.6 Å². The Morgan fingerprint density at radius 2 is 1.48 bits per heavy atom. The van der Waals surface area contributed by atoms with Crippen molar-refractivity contribution >= 4 is 23.2 Å². The fraction of sp³-hybridized carbons (Fsp3) is 0.333. The normalized spacial score (nSPS) is 14.4. The van der Waals surface area contributed by atoms with Gasteiger partial charge < -0.3 is 15.4 Å². The van der Waals surface area contributed by atoms with Crippen LogP contribution in [0.2, 0.25) is 0 Å². The number of nitrogens with zero attached hydrogens (tertiary/aromatic N) is 1. The van der Waals surface area contributed by atoms with E-state index >= 15 is 0 Å². The van der Waals surface area contributed by atoms with Gasteiger partial charge >= 0.3 is 0 Å². The summed E-state index contributed by atoms with van der Waals surface area (Å²) in [6, 6.07) is 14.0. The highest BCUT2D eigenvalue weighted by molar-refractivity contribution is 6.04. The first-order valence-corrected chi connectivity index (χ1v) is 9.22. The highest BCUT2D eigenvalue weighted by atomic mass is 16.5. The average Bonchev–Trinajstić information content (AvgIpc) is 2.70. The van der Waals surface area contributed by atoms with Gasteiger partial charge in [0.15, 0.2) is 0 Å². The summed E-state index contributed by atoms with van der Waals surface area (Å²) in [7, 11) is 1.59. The molecule has 0 saturated carbocycles. The molecule has 27 heavy (non-hydrogen) atoms. The first kappa shape index (κ1) is 18.9. The maximum absolute atomic E-state index is 12.3. The molecule has 6 nitrogen and oxygen atoms in total. The van der Waals surface area contributed by atoms with Crippen LogP contribution in [0.4, 0.5) is 11.4 Å². The first-order chi connectivity index (χ1) is 13.1. The highest BCUT2D eigenvalue weighted by Gasteiger charge is 2.14. The SMILES string of the molecule is COc1ccc(C(=O)Nc2ccc(NC(=O)CN3CCCCC3)cc2)cc1. The zero-order chi connectivity index (χ0) is 19.1. The number of ether oxygens (including phenoxy) is 1. The van der Waals surface area contributed by atoms with Crippen molar-refractivity contribution in [2.24, 2.45) is 0 Å². The molecule has 1 aliphatic heterocycles. The monoisotopic (exact) mass is 367 g/mol. The van der Waals surface area contributed by atoms with Crippen molar-refractivity contribution in [2.75, 3.05) is 37.4 Å². The Hall–Kier alpha value is -2.86. The summed E-state index contributed by atoms with van der Waals surface area (Å²) >= 11 is 0. The third kappa shape index (κ3) is 5.56. The van der Waals surface area contributed by atoms with Gasteiger partial charge in [-0.1, -0.05) is 6.42 Å². The second-order valence-electron chi connectivity index (χ2n) is 6.64. The standard InChI is InChI=1S/C21H25N3O3/c1-27-19-11-5-16(6-12-19)21(26)23-18-9-7-17(8-10-18)22-20(25)15-24-13-3-2-4-14-24/h5-12H,2-4,13-15H2,1H3,(H,22,25)(H,23,26). The number of carbonyl (C=O) groups is 2. The van der Waals surface area contributed by atoms with Crippen molar-refractivity contribution in [3.05, 3.63) is 54.1 Å². The predicted octanol–water partition coefficient (Wildman–Crippen LogP) is 3.37. The maximum Gasteiger partial charge on any atom is 0.255 e. The molecule has 142 valence electrons. The molecule has 2 aromatic rings. The van der Waals surface area contributed by atoms with Crippen molar-refractivity contribution in [1.29, 1.82) is 0 Å². The quantitative estimate of drug-likeness (QED) is 0.821. The van der Waals surface area contributed by atoms with Gasteiger partial charge in [0.25, 0.3) is 5.91 Å². The fourth-order valence-electron chi connectivity index (χ4n) is 3.10. The Bertz CT molecular complexity index is 766. The third-order valence-corrected chi connectivity index (χ3v) is 4.59. The van der Waals surface area contributed by atoms with Gasteiger partial charge in [-0.15, -0.1) is 0 Å². The molecule has 0 aliphatic carbocycles. The third-order valence-electron chi connectivity index (χ3n) is 4.59. The largest absolute Gasteiger partial charge is 0.497 e. The maximum atomic E-state index is 12.3. The predicted molar refractivity (Wildman–Crippen MR) is 106 cm³/mol. The minimum absolute atomic E-state index is 0.00748. The Balaban J connectivity index is 1.51. The molecule has 0 spiro atoms. The molecule has 0 unspecified atom stereocenters. The summed E-state index contributed by atoms with van der Waals surface area (Å²) in [5, 5.41) is 5.75. The molecule has 1 saturated heterocycles. The first-order valence-electron chi connectivity index (χ1n) is 9.22. The van der Waals surface area contributed by atoms with E-state index < -0.39 is 0 Å². The van der Waals surface area contributed by atoms with Gasteiger partial charge in [-0.25, -0.2) is 0 Å². The molecule has 2 aromatic carbocycles. The van der Waals surface area contributed by atoms with E-state index in [1.807, 2.05) is 0 Å². The molecule has 1 aliphatic rings. The molecule has 1 fully saturated rings. The van der Waals surface area contributed by atoms with E-state index in [2.05, 4.69) is 15.5 Å². The summed E-state index contributed by atoms with van der Waals surface area (Å²) in [5.74, 6) is 0.502. The number of amides is 2. The molecule has 6 heteroatoms. The van der Waals surface area contributed by atoms with Crippen molar-refractivity contribution in [3.8, 4) is 5.75 Å². The van der Waals surface area contributed by atoms with Gasteiger partial charge in [0.05, 0.1) is 13.7 Å². The number of nitrogens with one attached hydrogen (secondary N) is 2. The molecular weight excluding hydrogens is 342 g/mol. The van der Waals surface area contributed by atoms with Crippen LogP contribution < -0.4 is 15.4 Å². The fourth-order valence-corrected chi connectivity index (χ4v) is 3.10. The number of anilines is 2. The van der Waals surface area contributed by atoms with E-state index in [-0.39, 0.29) is 11.8 Å². The Labute approximate surface area is 159 Å². The molecule has 0 atom stereocenters. The minimum Gasteiger partial charge on any atom is -0.497 e. The van der Waals surface area contributed by atoms with Crippen LogP contribution in [-0.2, 0) is 4.79 Å². The van der Waals surface area contributed by atoms with Crippen LogP contribution in [0.15, 0.2) is 48.5 Å². The number of rotatable bonds is 6. The molecule has 2 N–H and O–H groups in total. The van der Waals surface area contributed by atoms with Crippen molar-refractivity contribution in [2.45, 2.75) is 19.3 Å². The highest BCUT2D eigenvalue weighted by Crippen LogP contribution is 2.17. The number of benzene rings is 2.